The van der Waals surface area contributed by atoms with Gasteiger partial charge in [-0.05, 0) is 11.6 Å². The number of para-hydroxylation sites is 1. The van der Waals surface area contributed by atoms with Gasteiger partial charge in [0, 0.05) is 29.7 Å². The van der Waals surface area contributed by atoms with Gasteiger partial charge in [-0.3, -0.25) is 4.79 Å². The van der Waals surface area contributed by atoms with Crippen LogP contribution in [0.2, 0.25) is 0 Å². The maximum atomic E-state index is 12.7. The highest BCUT2D eigenvalue weighted by atomic mass is 79.9. The van der Waals surface area contributed by atoms with Crippen LogP contribution < -0.4 is 0 Å². The second kappa shape index (κ2) is 5.25. The van der Waals surface area contributed by atoms with Gasteiger partial charge in [0.25, 0.3) is 0 Å². The minimum atomic E-state index is -0.311. The number of benzene rings is 2. The molecule has 3 heteroatoms. The molecule has 2 aromatic carbocycles. The van der Waals surface area contributed by atoms with Crippen molar-refractivity contribution in [2.45, 2.75) is 4.83 Å². The van der Waals surface area contributed by atoms with Gasteiger partial charge in [-0.15, -0.1) is 0 Å². The van der Waals surface area contributed by atoms with E-state index >= 15 is 0 Å². The van der Waals surface area contributed by atoms with Crippen LogP contribution in [0.15, 0.2) is 60.8 Å². The lowest BCUT2D eigenvalue weighted by Crippen LogP contribution is -2.06. The fourth-order valence-corrected chi connectivity index (χ4v) is 3.00. The molecule has 1 unspecified atom stereocenters. The van der Waals surface area contributed by atoms with Gasteiger partial charge in [0.15, 0.2) is 5.78 Å². The fraction of sp³-hybridized carbons (Fsp3) is 0.118. The standard InChI is InChI=1S/C17H14BrNO/c1-19-11-14(13-9-5-6-10-15(13)19)17(20)16(18)12-7-3-2-4-8-12/h2-11,16H,1H3. The van der Waals surface area contributed by atoms with Crippen molar-refractivity contribution in [3.05, 3.63) is 71.9 Å². The number of aryl methyl sites for hydroxylation is 1. The molecule has 0 aliphatic rings. The molecule has 1 aromatic heterocycles. The molecule has 0 aliphatic heterocycles. The smallest absolute Gasteiger partial charge is 0.183 e. The lowest BCUT2D eigenvalue weighted by molar-refractivity contribution is 0.0993. The minimum Gasteiger partial charge on any atom is -0.350 e. The second-order valence-electron chi connectivity index (χ2n) is 4.81. The maximum absolute atomic E-state index is 12.7. The molecule has 0 aliphatic carbocycles. The summed E-state index contributed by atoms with van der Waals surface area (Å²) in [5.41, 5.74) is 2.81. The zero-order valence-electron chi connectivity index (χ0n) is 11.1. The summed E-state index contributed by atoms with van der Waals surface area (Å²) in [6.45, 7) is 0. The van der Waals surface area contributed by atoms with Crippen molar-refractivity contribution in [2.24, 2.45) is 7.05 Å². The summed E-state index contributed by atoms with van der Waals surface area (Å²) in [5.74, 6) is 0.0907. The Morgan fingerprint density at radius 1 is 1.05 bits per heavy atom. The number of aromatic nitrogens is 1. The predicted octanol–water partition coefficient (Wildman–Crippen LogP) is 4.50. The molecule has 20 heavy (non-hydrogen) atoms. The van der Waals surface area contributed by atoms with E-state index in [0.29, 0.717) is 0 Å². The molecule has 3 rings (SSSR count). The fourth-order valence-electron chi connectivity index (χ4n) is 2.45. The first kappa shape index (κ1) is 13.1. The zero-order valence-corrected chi connectivity index (χ0v) is 12.7. The van der Waals surface area contributed by atoms with E-state index in [9.17, 15) is 4.79 Å². The van der Waals surface area contributed by atoms with E-state index in [1.165, 1.54) is 0 Å². The van der Waals surface area contributed by atoms with Crippen LogP contribution in [-0.2, 0) is 7.05 Å². The number of fused-ring (bicyclic) bond motifs is 1. The van der Waals surface area contributed by atoms with Gasteiger partial charge in [0.1, 0.15) is 4.83 Å². The van der Waals surface area contributed by atoms with Crippen LogP contribution in [0.3, 0.4) is 0 Å². The average Bonchev–Trinajstić information content (AvgIpc) is 2.84. The third-order valence-electron chi connectivity index (χ3n) is 3.48. The van der Waals surface area contributed by atoms with Crippen LogP contribution in [-0.4, -0.2) is 10.4 Å². The first-order valence-corrected chi connectivity index (χ1v) is 7.37. The van der Waals surface area contributed by atoms with Crippen LogP contribution in [0.25, 0.3) is 10.9 Å². The van der Waals surface area contributed by atoms with Crippen LogP contribution in [0.1, 0.15) is 20.7 Å². The Morgan fingerprint density at radius 3 is 2.45 bits per heavy atom. The van der Waals surface area contributed by atoms with Gasteiger partial charge in [-0.1, -0.05) is 64.5 Å². The quantitative estimate of drug-likeness (QED) is 0.513. The maximum Gasteiger partial charge on any atom is 0.183 e. The van der Waals surface area contributed by atoms with Crippen molar-refractivity contribution >= 4 is 32.6 Å². The molecule has 1 atom stereocenters. The Hall–Kier alpha value is -1.87. The average molecular weight is 328 g/mol. The molecular formula is C17H14BrNO. The minimum absolute atomic E-state index is 0.0907. The Morgan fingerprint density at radius 2 is 1.70 bits per heavy atom. The van der Waals surface area contributed by atoms with E-state index in [1.807, 2.05) is 72.4 Å². The number of carbonyl (C=O) groups is 1. The predicted molar refractivity (Wildman–Crippen MR) is 85.4 cm³/mol. The molecule has 0 saturated carbocycles. The molecule has 0 fully saturated rings. The second-order valence-corrected chi connectivity index (χ2v) is 5.72. The monoisotopic (exact) mass is 327 g/mol. The molecule has 0 saturated heterocycles. The summed E-state index contributed by atoms with van der Waals surface area (Å²) < 4.78 is 1.99. The number of carbonyl (C=O) groups excluding carboxylic acids is 1. The normalized spacial score (nSPS) is 12.5. The van der Waals surface area contributed by atoms with E-state index in [-0.39, 0.29) is 10.6 Å². The summed E-state index contributed by atoms with van der Waals surface area (Å²) in [6, 6.07) is 17.7. The van der Waals surface area contributed by atoms with Crippen molar-refractivity contribution in [2.75, 3.05) is 0 Å². The van der Waals surface area contributed by atoms with E-state index < -0.39 is 0 Å². The molecule has 1 heterocycles. The van der Waals surface area contributed by atoms with E-state index in [2.05, 4.69) is 15.9 Å². The van der Waals surface area contributed by atoms with Gasteiger partial charge in [-0.25, -0.2) is 0 Å². The number of ketones is 1. The lowest BCUT2D eigenvalue weighted by atomic mass is 10.0. The number of nitrogens with zero attached hydrogens (tertiary/aromatic N) is 1. The number of hydrogen-bond acceptors (Lipinski definition) is 1. The Balaban J connectivity index is 2.05. The molecule has 0 N–H and O–H groups in total. The molecule has 100 valence electrons. The van der Waals surface area contributed by atoms with Crippen LogP contribution in [0.5, 0.6) is 0 Å². The van der Waals surface area contributed by atoms with Crippen LogP contribution in [0.4, 0.5) is 0 Å². The summed E-state index contributed by atoms with van der Waals surface area (Å²) in [6.07, 6.45) is 1.91. The van der Waals surface area contributed by atoms with Gasteiger partial charge in [0.2, 0.25) is 0 Å². The van der Waals surface area contributed by atoms with Gasteiger partial charge >= 0.3 is 0 Å². The van der Waals surface area contributed by atoms with Gasteiger partial charge in [0.05, 0.1) is 0 Å². The largest absolute Gasteiger partial charge is 0.350 e. The molecule has 0 spiro atoms. The Labute approximate surface area is 126 Å². The Kier molecular flexibility index (Phi) is 3.45. The zero-order chi connectivity index (χ0) is 14.1. The summed E-state index contributed by atoms with van der Waals surface area (Å²) in [7, 11) is 1.96. The Bertz CT molecular complexity index is 761. The van der Waals surface area contributed by atoms with E-state index in [1.54, 1.807) is 0 Å². The van der Waals surface area contributed by atoms with Gasteiger partial charge < -0.3 is 4.57 Å². The number of Topliss-reactive ketones (excluding diaryl/α,β-unsaturated/α-hetero) is 1. The lowest BCUT2D eigenvalue weighted by Gasteiger charge is -2.08. The van der Waals surface area contributed by atoms with Crippen molar-refractivity contribution in [3.8, 4) is 0 Å². The van der Waals surface area contributed by atoms with Crippen LogP contribution >= 0.6 is 15.9 Å². The number of hydrogen-bond donors (Lipinski definition) is 0. The summed E-state index contributed by atoms with van der Waals surface area (Å²) in [5, 5.41) is 1.00. The molecule has 0 bridgehead atoms. The first-order chi connectivity index (χ1) is 9.68. The SMILES string of the molecule is Cn1cc(C(=O)C(Br)c2ccccc2)c2ccccc21. The number of alkyl halides is 1. The highest BCUT2D eigenvalue weighted by Crippen LogP contribution is 2.30. The topological polar surface area (TPSA) is 22.0 Å². The molecular weight excluding hydrogens is 314 g/mol. The third-order valence-corrected chi connectivity index (χ3v) is 4.43. The third kappa shape index (κ3) is 2.18. The molecule has 0 amide bonds. The van der Waals surface area contributed by atoms with Crippen molar-refractivity contribution in [3.63, 3.8) is 0 Å². The molecule has 0 radical (unpaired) electrons. The molecule has 3 aromatic rings. The molecule has 2 nitrogen and oxygen atoms in total. The summed E-state index contributed by atoms with van der Waals surface area (Å²) >= 11 is 3.52. The van der Waals surface area contributed by atoms with Crippen molar-refractivity contribution in [1.82, 2.24) is 4.57 Å². The summed E-state index contributed by atoms with van der Waals surface area (Å²) in [4.78, 5) is 12.4. The first-order valence-electron chi connectivity index (χ1n) is 6.46. The van der Waals surface area contributed by atoms with Crippen molar-refractivity contribution < 1.29 is 4.79 Å². The van der Waals surface area contributed by atoms with E-state index in [4.69, 9.17) is 0 Å². The highest BCUT2D eigenvalue weighted by molar-refractivity contribution is 9.09. The highest BCUT2D eigenvalue weighted by Gasteiger charge is 2.22. The van der Waals surface area contributed by atoms with E-state index in [0.717, 1.165) is 22.0 Å². The van der Waals surface area contributed by atoms with Gasteiger partial charge in [-0.2, -0.15) is 0 Å². The van der Waals surface area contributed by atoms with Crippen LogP contribution in [0, 0.1) is 0 Å². The number of halogens is 1. The van der Waals surface area contributed by atoms with Crippen molar-refractivity contribution in [1.29, 1.82) is 0 Å². The number of rotatable bonds is 3.